The third-order valence-electron chi connectivity index (χ3n) is 1.86. The standard InChI is InChI=1S/C10H8N2O2/c13-10(14)5-7-4-9-8(12-6-7)2-1-3-11-9/h1-4,6H,5H2,(H,13,14). The van der Waals surface area contributed by atoms with Crippen LogP contribution in [0.2, 0.25) is 0 Å². The molecular weight excluding hydrogens is 180 g/mol. The second-order valence-corrected chi connectivity index (χ2v) is 2.96. The summed E-state index contributed by atoms with van der Waals surface area (Å²) in [6.45, 7) is 0. The lowest BCUT2D eigenvalue weighted by Crippen LogP contribution is -2.00. The molecule has 0 fully saturated rings. The van der Waals surface area contributed by atoms with E-state index in [9.17, 15) is 4.79 Å². The maximum absolute atomic E-state index is 10.5. The van der Waals surface area contributed by atoms with Gasteiger partial charge in [-0.05, 0) is 23.8 Å². The van der Waals surface area contributed by atoms with Gasteiger partial charge in [-0.3, -0.25) is 14.8 Å². The van der Waals surface area contributed by atoms with Crippen molar-refractivity contribution in [1.29, 1.82) is 0 Å². The average molecular weight is 188 g/mol. The van der Waals surface area contributed by atoms with E-state index in [0.29, 0.717) is 5.56 Å². The summed E-state index contributed by atoms with van der Waals surface area (Å²) in [6, 6.07) is 5.38. The molecule has 2 rings (SSSR count). The minimum Gasteiger partial charge on any atom is -0.481 e. The van der Waals surface area contributed by atoms with Gasteiger partial charge in [-0.15, -0.1) is 0 Å². The third-order valence-corrected chi connectivity index (χ3v) is 1.86. The molecule has 14 heavy (non-hydrogen) atoms. The fraction of sp³-hybridized carbons (Fsp3) is 0.100. The molecule has 2 aromatic heterocycles. The maximum Gasteiger partial charge on any atom is 0.307 e. The van der Waals surface area contributed by atoms with Crippen molar-refractivity contribution in [3.8, 4) is 0 Å². The lowest BCUT2D eigenvalue weighted by molar-refractivity contribution is -0.136. The van der Waals surface area contributed by atoms with E-state index in [-0.39, 0.29) is 6.42 Å². The van der Waals surface area contributed by atoms with E-state index in [2.05, 4.69) is 9.97 Å². The van der Waals surface area contributed by atoms with E-state index >= 15 is 0 Å². The van der Waals surface area contributed by atoms with Gasteiger partial charge in [0, 0.05) is 12.4 Å². The minimum absolute atomic E-state index is 0.0144. The number of carboxylic acid groups (broad SMARTS) is 1. The Morgan fingerprint density at radius 3 is 3.00 bits per heavy atom. The molecule has 2 heterocycles. The number of rotatable bonds is 2. The van der Waals surface area contributed by atoms with Gasteiger partial charge in [0.2, 0.25) is 0 Å². The minimum atomic E-state index is -0.859. The molecule has 0 amide bonds. The second-order valence-electron chi connectivity index (χ2n) is 2.96. The summed E-state index contributed by atoms with van der Waals surface area (Å²) >= 11 is 0. The fourth-order valence-electron chi connectivity index (χ4n) is 1.27. The first-order chi connectivity index (χ1) is 6.75. The monoisotopic (exact) mass is 188 g/mol. The van der Waals surface area contributed by atoms with Crippen molar-refractivity contribution < 1.29 is 9.90 Å². The molecule has 0 aliphatic carbocycles. The van der Waals surface area contributed by atoms with E-state index in [1.54, 1.807) is 24.5 Å². The van der Waals surface area contributed by atoms with E-state index in [0.717, 1.165) is 11.0 Å². The zero-order valence-corrected chi connectivity index (χ0v) is 7.34. The van der Waals surface area contributed by atoms with Crippen LogP contribution in [0.5, 0.6) is 0 Å². The molecule has 0 saturated carbocycles. The van der Waals surface area contributed by atoms with Gasteiger partial charge in [-0.25, -0.2) is 0 Å². The molecule has 0 radical (unpaired) electrons. The van der Waals surface area contributed by atoms with Crippen LogP contribution < -0.4 is 0 Å². The van der Waals surface area contributed by atoms with Crippen molar-refractivity contribution in [3.05, 3.63) is 36.2 Å². The molecule has 4 nitrogen and oxygen atoms in total. The fourth-order valence-corrected chi connectivity index (χ4v) is 1.27. The number of nitrogens with zero attached hydrogens (tertiary/aromatic N) is 2. The molecule has 0 unspecified atom stereocenters. The molecule has 1 N–H and O–H groups in total. The summed E-state index contributed by atoms with van der Waals surface area (Å²) in [5.41, 5.74) is 2.18. The summed E-state index contributed by atoms with van der Waals surface area (Å²) in [4.78, 5) is 18.7. The Bertz CT molecular complexity index is 482. The molecule has 2 aromatic rings. The van der Waals surface area contributed by atoms with Crippen LogP contribution in [0.25, 0.3) is 11.0 Å². The zero-order valence-electron chi connectivity index (χ0n) is 7.34. The van der Waals surface area contributed by atoms with Crippen LogP contribution in [0.4, 0.5) is 0 Å². The van der Waals surface area contributed by atoms with E-state index < -0.39 is 5.97 Å². The number of aliphatic carboxylic acids is 1. The normalized spacial score (nSPS) is 10.3. The predicted molar refractivity (Wildman–Crippen MR) is 50.9 cm³/mol. The Balaban J connectivity index is 2.46. The highest BCUT2D eigenvalue weighted by atomic mass is 16.4. The van der Waals surface area contributed by atoms with Crippen LogP contribution in [0.1, 0.15) is 5.56 Å². The Morgan fingerprint density at radius 2 is 2.21 bits per heavy atom. The van der Waals surface area contributed by atoms with Crippen molar-refractivity contribution in [1.82, 2.24) is 9.97 Å². The van der Waals surface area contributed by atoms with Gasteiger partial charge >= 0.3 is 5.97 Å². The molecule has 70 valence electrons. The quantitative estimate of drug-likeness (QED) is 0.770. The van der Waals surface area contributed by atoms with Gasteiger partial charge in [0.25, 0.3) is 0 Å². The number of hydrogen-bond donors (Lipinski definition) is 1. The third kappa shape index (κ3) is 1.69. The highest BCUT2D eigenvalue weighted by Crippen LogP contribution is 2.10. The summed E-state index contributed by atoms with van der Waals surface area (Å²) in [6.07, 6.45) is 3.21. The molecule has 0 aliphatic heterocycles. The molecule has 4 heteroatoms. The van der Waals surface area contributed by atoms with Crippen molar-refractivity contribution in [2.24, 2.45) is 0 Å². The smallest absolute Gasteiger partial charge is 0.307 e. The van der Waals surface area contributed by atoms with Gasteiger partial charge in [-0.1, -0.05) is 0 Å². The van der Waals surface area contributed by atoms with Gasteiger partial charge in [0.1, 0.15) is 0 Å². The number of hydrogen-bond acceptors (Lipinski definition) is 3. The Labute approximate surface area is 80.2 Å². The predicted octanol–water partition coefficient (Wildman–Crippen LogP) is 1.26. The van der Waals surface area contributed by atoms with E-state index in [1.807, 2.05) is 6.07 Å². The van der Waals surface area contributed by atoms with Crippen LogP contribution in [0, 0.1) is 0 Å². The van der Waals surface area contributed by atoms with Gasteiger partial charge in [-0.2, -0.15) is 0 Å². The number of carboxylic acids is 1. The molecule has 0 saturated heterocycles. The molecule has 0 spiro atoms. The van der Waals surface area contributed by atoms with Crippen LogP contribution in [0.3, 0.4) is 0 Å². The summed E-state index contributed by atoms with van der Waals surface area (Å²) < 4.78 is 0. The molecule has 0 bridgehead atoms. The first-order valence-electron chi connectivity index (χ1n) is 4.17. The SMILES string of the molecule is O=C(O)Cc1cnc2cccnc2c1. The lowest BCUT2D eigenvalue weighted by Gasteiger charge is -1.98. The second kappa shape index (κ2) is 3.41. The van der Waals surface area contributed by atoms with Gasteiger partial charge in [0.15, 0.2) is 0 Å². The Morgan fingerprint density at radius 1 is 1.36 bits per heavy atom. The highest BCUT2D eigenvalue weighted by molar-refractivity contribution is 5.76. The summed E-state index contributed by atoms with van der Waals surface area (Å²) in [7, 11) is 0. The van der Waals surface area contributed by atoms with Crippen molar-refractivity contribution >= 4 is 17.0 Å². The topological polar surface area (TPSA) is 63.1 Å². The highest BCUT2D eigenvalue weighted by Gasteiger charge is 2.02. The van der Waals surface area contributed by atoms with E-state index in [4.69, 9.17) is 5.11 Å². The van der Waals surface area contributed by atoms with Gasteiger partial charge < -0.3 is 5.11 Å². The summed E-state index contributed by atoms with van der Waals surface area (Å²) in [5, 5.41) is 8.59. The van der Waals surface area contributed by atoms with Crippen LogP contribution in [-0.2, 0) is 11.2 Å². The number of carbonyl (C=O) groups is 1. The Hall–Kier alpha value is -1.97. The number of aromatic nitrogens is 2. The largest absolute Gasteiger partial charge is 0.481 e. The first kappa shape index (κ1) is 8.62. The summed E-state index contributed by atoms with van der Waals surface area (Å²) in [5.74, 6) is -0.859. The molecular formula is C10H8N2O2. The van der Waals surface area contributed by atoms with Crippen LogP contribution in [0.15, 0.2) is 30.6 Å². The van der Waals surface area contributed by atoms with E-state index in [1.165, 1.54) is 0 Å². The lowest BCUT2D eigenvalue weighted by atomic mass is 10.2. The first-order valence-corrected chi connectivity index (χ1v) is 4.17. The number of fused-ring (bicyclic) bond motifs is 1. The molecule has 0 aromatic carbocycles. The molecule has 0 aliphatic rings. The van der Waals surface area contributed by atoms with Crippen molar-refractivity contribution in [2.45, 2.75) is 6.42 Å². The number of pyridine rings is 2. The van der Waals surface area contributed by atoms with Gasteiger partial charge in [0.05, 0.1) is 17.5 Å². The van der Waals surface area contributed by atoms with Crippen molar-refractivity contribution in [2.75, 3.05) is 0 Å². The average Bonchev–Trinajstić information content (AvgIpc) is 2.17. The molecule has 0 atom stereocenters. The Kier molecular flexibility index (Phi) is 2.10. The van der Waals surface area contributed by atoms with Crippen LogP contribution in [-0.4, -0.2) is 21.0 Å². The maximum atomic E-state index is 10.5. The zero-order chi connectivity index (χ0) is 9.97. The van der Waals surface area contributed by atoms with Crippen molar-refractivity contribution in [3.63, 3.8) is 0 Å². The van der Waals surface area contributed by atoms with Crippen LogP contribution >= 0.6 is 0 Å².